The molecule has 7 heteroatoms. The molecule has 3 aromatic rings. The number of benzene rings is 1. The van der Waals surface area contributed by atoms with Crippen LogP contribution in [0.4, 0.5) is 0 Å². The molecular weight excluding hydrogens is 338 g/mol. The van der Waals surface area contributed by atoms with Gasteiger partial charge in [-0.05, 0) is 25.1 Å². The Morgan fingerprint density at radius 3 is 3.16 bits per heavy atom. The van der Waals surface area contributed by atoms with Gasteiger partial charge in [-0.25, -0.2) is 4.98 Å². The number of aromatic nitrogens is 3. The van der Waals surface area contributed by atoms with Crippen LogP contribution in [0.15, 0.2) is 41.6 Å². The second-order valence-electron chi connectivity index (χ2n) is 4.97. The molecule has 0 aliphatic carbocycles. The number of nitrogens with zero attached hydrogens (tertiary/aromatic N) is 2. The number of rotatable bonds is 8. The van der Waals surface area contributed by atoms with Crippen molar-refractivity contribution in [1.82, 2.24) is 15.0 Å². The van der Waals surface area contributed by atoms with Gasteiger partial charge < -0.3 is 14.5 Å². The van der Waals surface area contributed by atoms with Gasteiger partial charge in [0.2, 0.25) is 0 Å². The highest BCUT2D eigenvalue weighted by Gasteiger charge is 2.14. The molecule has 0 aliphatic rings. The number of pyridine rings is 1. The Morgan fingerprint density at radius 2 is 2.28 bits per heavy atom. The first kappa shape index (κ1) is 9.45. The number of hydrogen-bond donors (Lipinski definition) is 1. The van der Waals surface area contributed by atoms with Gasteiger partial charge in [0, 0.05) is 34.6 Å². The lowest BCUT2D eigenvalue weighted by Crippen LogP contribution is -2.06. The zero-order chi connectivity index (χ0) is 25.4. The van der Waals surface area contributed by atoms with Crippen molar-refractivity contribution < 1.29 is 26.0 Å². The van der Waals surface area contributed by atoms with Crippen molar-refractivity contribution in [2.24, 2.45) is 0 Å². The van der Waals surface area contributed by atoms with E-state index >= 15 is 0 Å². The van der Waals surface area contributed by atoms with E-state index in [9.17, 15) is 4.21 Å². The average Bonchev–Trinajstić information content (AvgIpc) is 3.21. The smallest absolute Gasteiger partial charge is 0.197 e. The fourth-order valence-corrected chi connectivity index (χ4v) is 2.88. The molecule has 25 heavy (non-hydrogen) atoms. The van der Waals surface area contributed by atoms with E-state index in [1.807, 2.05) is 0 Å². The van der Waals surface area contributed by atoms with Gasteiger partial charge in [0.1, 0.15) is 5.75 Å². The van der Waals surface area contributed by atoms with Crippen LogP contribution in [-0.2, 0) is 21.2 Å². The second-order valence-corrected chi connectivity index (χ2v) is 6.10. The average molecular weight is 369 g/mol. The fraction of sp³-hybridized carbons (Fsp3) is 0.333. The molecule has 1 aromatic carbocycles. The van der Waals surface area contributed by atoms with E-state index < -0.39 is 47.7 Å². The molecule has 6 nitrogen and oxygen atoms in total. The monoisotopic (exact) mass is 368 g/mol. The molecule has 0 aliphatic heterocycles. The fourth-order valence-electron chi connectivity index (χ4n) is 2.03. The summed E-state index contributed by atoms with van der Waals surface area (Å²) in [7, 11) is -4.97. The SMILES string of the molecule is [2H]c1c([2H])c([2H])c2[nH]c(S(=O)C([2H])([2H])c3nccc(OCCCOC([2H])([2H])[2H])c3C)nc2c1[2H]. The summed E-state index contributed by atoms with van der Waals surface area (Å²) in [6.45, 7) is 1.58. The van der Waals surface area contributed by atoms with E-state index in [1.165, 1.54) is 19.2 Å². The molecule has 132 valence electrons. The summed E-state index contributed by atoms with van der Waals surface area (Å²) >= 11 is 0. The zero-order valence-corrected chi connectivity index (χ0v) is 14.1. The molecule has 0 saturated carbocycles. The molecular formula is C18H21N3O3S. The Balaban J connectivity index is 1.86. The van der Waals surface area contributed by atoms with Crippen molar-refractivity contribution in [3.63, 3.8) is 0 Å². The summed E-state index contributed by atoms with van der Waals surface area (Å²) < 4.78 is 92.8. The minimum atomic E-state index is -2.56. The topological polar surface area (TPSA) is 77.1 Å². The van der Waals surface area contributed by atoms with Gasteiger partial charge in [-0.2, -0.15) is 0 Å². The van der Waals surface area contributed by atoms with E-state index in [0.717, 1.165) is 0 Å². The van der Waals surface area contributed by atoms with E-state index in [4.69, 9.17) is 17.1 Å². The third kappa shape index (κ3) is 4.24. The van der Waals surface area contributed by atoms with Crippen LogP contribution < -0.4 is 4.74 Å². The lowest BCUT2D eigenvalue weighted by atomic mass is 10.2. The number of para-hydroxylation sites is 2. The number of aromatic amines is 1. The molecule has 2 aromatic heterocycles. The van der Waals surface area contributed by atoms with Crippen molar-refractivity contribution in [1.29, 1.82) is 0 Å². The van der Waals surface area contributed by atoms with Crippen LogP contribution in [0.25, 0.3) is 11.0 Å². The molecule has 0 bridgehead atoms. The van der Waals surface area contributed by atoms with Gasteiger partial charge in [-0.15, -0.1) is 0 Å². The molecule has 1 N–H and O–H groups in total. The van der Waals surface area contributed by atoms with Crippen LogP contribution in [0, 0.1) is 6.92 Å². The van der Waals surface area contributed by atoms with Gasteiger partial charge in [-0.1, -0.05) is 12.1 Å². The molecule has 0 amide bonds. The summed E-state index contributed by atoms with van der Waals surface area (Å²) in [5, 5.41) is -0.360. The Kier molecular flexibility index (Phi) is 3.11. The maximum atomic E-state index is 13.2. The van der Waals surface area contributed by atoms with E-state index in [-0.39, 0.29) is 52.8 Å². The Hall–Kier alpha value is -2.25. The number of methoxy groups -OCH3 is 1. The minimum absolute atomic E-state index is 0.0551. The third-order valence-electron chi connectivity index (χ3n) is 3.28. The van der Waals surface area contributed by atoms with Crippen molar-refractivity contribution in [3.8, 4) is 5.75 Å². The van der Waals surface area contributed by atoms with E-state index in [0.29, 0.717) is 0 Å². The molecule has 0 fully saturated rings. The van der Waals surface area contributed by atoms with Crippen LogP contribution in [-0.4, -0.2) is 39.4 Å². The summed E-state index contributed by atoms with van der Waals surface area (Å²) in [4.78, 5) is 10.6. The van der Waals surface area contributed by atoms with Crippen LogP contribution in [0.3, 0.4) is 0 Å². The molecule has 3 rings (SSSR count). The standard InChI is InChI=1S/C18H21N3O3S/c1-13-16(19-9-8-17(13)24-11-5-10-23-2)12-25(22)18-20-14-6-3-4-7-15(14)21-18/h3-4,6-9H,5,10-12H2,1-2H3,(H,20,21)/i2D3,3D,4D,6D,7D,12D2. The number of H-pyrrole nitrogens is 1. The summed E-state index contributed by atoms with van der Waals surface area (Å²) in [6, 6.07) is -0.333. The maximum Gasteiger partial charge on any atom is 0.197 e. The molecule has 1 atom stereocenters. The number of nitrogens with one attached hydrogen (secondary N) is 1. The van der Waals surface area contributed by atoms with E-state index in [2.05, 4.69) is 19.7 Å². The number of hydrogen-bond acceptors (Lipinski definition) is 5. The first-order chi connectivity index (χ1) is 15.8. The Bertz CT molecular complexity index is 1200. The third-order valence-corrected chi connectivity index (χ3v) is 4.20. The van der Waals surface area contributed by atoms with Crippen LogP contribution in [0.5, 0.6) is 5.75 Å². The predicted octanol–water partition coefficient (Wildman–Crippen LogP) is 2.99. The van der Waals surface area contributed by atoms with Gasteiger partial charge in [0.05, 0.1) is 49.4 Å². The quantitative estimate of drug-likeness (QED) is 0.619. The number of imidazole rings is 1. The Labute approximate surface area is 161 Å². The van der Waals surface area contributed by atoms with Crippen molar-refractivity contribution in [3.05, 3.63) is 47.7 Å². The largest absolute Gasteiger partial charge is 0.493 e. The van der Waals surface area contributed by atoms with Crippen LogP contribution in [0.2, 0.25) is 0 Å². The first-order valence-corrected chi connectivity index (χ1v) is 8.51. The van der Waals surface area contributed by atoms with Gasteiger partial charge in [-0.3, -0.25) is 9.19 Å². The lowest BCUT2D eigenvalue weighted by Gasteiger charge is -2.11. The highest BCUT2D eigenvalue weighted by atomic mass is 32.2. The van der Waals surface area contributed by atoms with Crippen LogP contribution in [0.1, 0.15) is 30.0 Å². The summed E-state index contributed by atoms with van der Waals surface area (Å²) in [5.74, 6) is 0.268. The second kappa shape index (κ2) is 8.22. The molecule has 0 spiro atoms. The van der Waals surface area contributed by atoms with Gasteiger partial charge >= 0.3 is 0 Å². The first-order valence-electron chi connectivity index (χ1n) is 11.9. The van der Waals surface area contributed by atoms with Crippen molar-refractivity contribution in [2.75, 3.05) is 20.3 Å². The molecule has 0 saturated heterocycles. The van der Waals surface area contributed by atoms with Gasteiger partial charge in [0.25, 0.3) is 0 Å². The van der Waals surface area contributed by atoms with E-state index in [1.54, 1.807) is 0 Å². The summed E-state index contributed by atoms with van der Waals surface area (Å²) in [6.07, 6.45) is 1.56. The lowest BCUT2D eigenvalue weighted by molar-refractivity contribution is 0.172. The molecule has 2 heterocycles. The highest BCUT2D eigenvalue weighted by Crippen LogP contribution is 2.22. The predicted molar refractivity (Wildman–Crippen MR) is 97.2 cm³/mol. The molecule has 0 radical (unpaired) electrons. The van der Waals surface area contributed by atoms with Crippen molar-refractivity contribution >= 4 is 21.8 Å². The molecule has 1 unspecified atom stereocenters. The Morgan fingerprint density at radius 1 is 1.40 bits per heavy atom. The maximum absolute atomic E-state index is 13.2. The van der Waals surface area contributed by atoms with Crippen LogP contribution >= 0.6 is 0 Å². The normalized spacial score (nSPS) is 18.7. The number of fused-ring (bicyclic) bond motifs is 1. The highest BCUT2D eigenvalue weighted by molar-refractivity contribution is 7.84. The van der Waals surface area contributed by atoms with Crippen molar-refractivity contribution in [2.45, 2.75) is 24.2 Å². The van der Waals surface area contributed by atoms with Gasteiger partial charge in [0.15, 0.2) is 5.16 Å². The zero-order valence-electron chi connectivity index (χ0n) is 22.3. The summed E-state index contributed by atoms with van der Waals surface area (Å²) in [5.41, 5.74) is -2.68. The minimum Gasteiger partial charge on any atom is -0.493 e. The number of ether oxygens (including phenoxy) is 2.